The van der Waals surface area contributed by atoms with Gasteiger partial charge in [-0.05, 0) is 18.3 Å². The highest BCUT2D eigenvalue weighted by Gasteiger charge is 2.08. The van der Waals surface area contributed by atoms with Gasteiger partial charge in [0.1, 0.15) is 0 Å². The SMILES string of the molecule is CCCCC(C)COC(=O)OCC(C)C. The second-order valence-corrected chi connectivity index (χ2v) is 4.51. The van der Waals surface area contributed by atoms with Crippen LogP contribution in [0.4, 0.5) is 4.79 Å². The average molecular weight is 216 g/mol. The van der Waals surface area contributed by atoms with E-state index in [9.17, 15) is 4.79 Å². The van der Waals surface area contributed by atoms with Crippen LogP contribution in [0.5, 0.6) is 0 Å². The molecule has 0 N–H and O–H groups in total. The minimum Gasteiger partial charge on any atom is -0.434 e. The topological polar surface area (TPSA) is 35.5 Å². The first-order chi connectivity index (χ1) is 7.06. The van der Waals surface area contributed by atoms with Gasteiger partial charge in [-0.1, -0.05) is 40.5 Å². The van der Waals surface area contributed by atoms with E-state index >= 15 is 0 Å². The van der Waals surface area contributed by atoms with Crippen molar-refractivity contribution in [3.05, 3.63) is 0 Å². The second-order valence-electron chi connectivity index (χ2n) is 4.51. The molecule has 1 unspecified atom stereocenters. The molecule has 0 aromatic rings. The summed E-state index contributed by atoms with van der Waals surface area (Å²) in [5, 5.41) is 0. The number of unbranched alkanes of at least 4 members (excludes halogenated alkanes) is 1. The first-order valence-corrected chi connectivity index (χ1v) is 5.85. The standard InChI is InChI=1S/C12H24O3/c1-5-6-7-11(4)9-15-12(13)14-8-10(2)3/h10-11H,5-9H2,1-4H3. The fourth-order valence-electron chi connectivity index (χ4n) is 1.12. The van der Waals surface area contributed by atoms with Gasteiger partial charge < -0.3 is 9.47 Å². The molecule has 0 fully saturated rings. The summed E-state index contributed by atoms with van der Waals surface area (Å²) in [6.07, 6.45) is 2.94. The smallest absolute Gasteiger partial charge is 0.434 e. The Bertz CT molecular complexity index is 166. The van der Waals surface area contributed by atoms with E-state index in [2.05, 4.69) is 13.8 Å². The lowest BCUT2D eigenvalue weighted by molar-refractivity contribution is 0.0380. The van der Waals surface area contributed by atoms with Gasteiger partial charge in [-0.15, -0.1) is 0 Å². The van der Waals surface area contributed by atoms with Gasteiger partial charge in [0.05, 0.1) is 13.2 Å². The third-order valence-corrected chi connectivity index (χ3v) is 2.07. The van der Waals surface area contributed by atoms with Crippen LogP contribution in [-0.2, 0) is 9.47 Å². The molecule has 90 valence electrons. The van der Waals surface area contributed by atoms with Crippen molar-refractivity contribution in [3.8, 4) is 0 Å². The molecule has 0 aromatic carbocycles. The molecule has 0 aliphatic rings. The number of hydrogen-bond acceptors (Lipinski definition) is 3. The summed E-state index contributed by atoms with van der Waals surface area (Å²) >= 11 is 0. The molecule has 3 nitrogen and oxygen atoms in total. The van der Waals surface area contributed by atoms with Gasteiger partial charge in [0, 0.05) is 0 Å². The molecule has 0 saturated heterocycles. The third-order valence-electron chi connectivity index (χ3n) is 2.07. The predicted octanol–water partition coefficient (Wildman–Crippen LogP) is 3.62. The van der Waals surface area contributed by atoms with Crippen molar-refractivity contribution in [3.63, 3.8) is 0 Å². The fourth-order valence-corrected chi connectivity index (χ4v) is 1.12. The zero-order chi connectivity index (χ0) is 11.7. The van der Waals surface area contributed by atoms with Crippen LogP contribution in [-0.4, -0.2) is 19.4 Å². The number of carbonyl (C=O) groups is 1. The largest absolute Gasteiger partial charge is 0.508 e. The highest BCUT2D eigenvalue weighted by atomic mass is 16.7. The monoisotopic (exact) mass is 216 g/mol. The number of rotatable bonds is 7. The molecule has 0 aromatic heterocycles. The van der Waals surface area contributed by atoms with E-state index in [1.807, 2.05) is 13.8 Å². The van der Waals surface area contributed by atoms with E-state index in [0.29, 0.717) is 25.0 Å². The van der Waals surface area contributed by atoms with Gasteiger partial charge in [0.15, 0.2) is 0 Å². The molecule has 0 bridgehead atoms. The maximum atomic E-state index is 11.1. The van der Waals surface area contributed by atoms with Crippen molar-refractivity contribution in [2.24, 2.45) is 11.8 Å². The van der Waals surface area contributed by atoms with Crippen LogP contribution in [0.25, 0.3) is 0 Å². The summed E-state index contributed by atoms with van der Waals surface area (Å²) in [5.41, 5.74) is 0. The molecule has 15 heavy (non-hydrogen) atoms. The van der Waals surface area contributed by atoms with Gasteiger partial charge in [-0.2, -0.15) is 0 Å². The van der Waals surface area contributed by atoms with Crippen molar-refractivity contribution in [1.29, 1.82) is 0 Å². The molecule has 0 heterocycles. The van der Waals surface area contributed by atoms with Crippen LogP contribution < -0.4 is 0 Å². The molecular weight excluding hydrogens is 192 g/mol. The van der Waals surface area contributed by atoms with Crippen molar-refractivity contribution >= 4 is 6.16 Å². The van der Waals surface area contributed by atoms with Crippen LogP contribution in [0.2, 0.25) is 0 Å². The Morgan fingerprint density at radius 1 is 1.13 bits per heavy atom. The average Bonchev–Trinajstić information content (AvgIpc) is 2.20. The molecule has 0 aliphatic heterocycles. The first kappa shape index (κ1) is 14.3. The summed E-state index contributed by atoms with van der Waals surface area (Å²) in [5.74, 6) is 0.784. The van der Waals surface area contributed by atoms with Gasteiger partial charge in [0.2, 0.25) is 0 Å². The molecule has 0 aliphatic carbocycles. The lowest BCUT2D eigenvalue weighted by Crippen LogP contribution is -2.15. The summed E-state index contributed by atoms with van der Waals surface area (Å²) in [6, 6.07) is 0. The molecule has 0 saturated carbocycles. The molecule has 0 amide bonds. The quantitative estimate of drug-likeness (QED) is 0.610. The van der Waals surface area contributed by atoms with E-state index in [0.717, 1.165) is 6.42 Å². The Morgan fingerprint density at radius 3 is 2.27 bits per heavy atom. The lowest BCUT2D eigenvalue weighted by Gasteiger charge is -2.12. The second kappa shape index (κ2) is 8.57. The van der Waals surface area contributed by atoms with Crippen LogP contribution >= 0.6 is 0 Å². The zero-order valence-corrected chi connectivity index (χ0v) is 10.4. The van der Waals surface area contributed by atoms with Gasteiger partial charge >= 0.3 is 6.16 Å². The third kappa shape index (κ3) is 9.57. The first-order valence-electron chi connectivity index (χ1n) is 5.85. The normalized spacial score (nSPS) is 12.6. The van der Waals surface area contributed by atoms with E-state index in [1.165, 1.54) is 12.8 Å². The highest BCUT2D eigenvalue weighted by Crippen LogP contribution is 2.08. The van der Waals surface area contributed by atoms with Crippen molar-refractivity contribution in [2.45, 2.75) is 47.0 Å². The molecule has 0 rings (SSSR count). The van der Waals surface area contributed by atoms with Crippen molar-refractivity contribution in [1.82, 2.24) is 0 Å². The van der Waals surface area contributed by atoms with Crippen LogP contribution in [0, 0.1) is 11.8 Å². The van der Waals surface area contributed by atoms with Crippen LogP contribution in [0.15, 0.2) is 0 Å². The summed E-state index contributed by atoms with van der Waals surface area (Å²) in [4.78, 5) is 11.1. The molecular formula is C12H24O3. The Hall–Kier alpha value is -0.730. The van der Waals surface area contributed by atoms with E-state index in [1.54, 1.807) is 0 Å². The van der Waals surface area contributed by atoms with E-state index < -0.39 is 6.16 Å². The minimum absolute atomic E-state index is 0.357. The predicted molar refractivity (Wildman–Crippen MR) is 60.8 cm³/mol. The van der Waals surface area contributed by atoms with Crippen molar-refractivity contribution in [2.75, 3.05) is 13.2 Å². The Balaban J connectivity index is 3.44. The molecule has 0 radical (unpaired) electrons. The molecule has 1 atom stereocenters. The summed E-state index contributed by atoms with van der Waals surface area (Å²) in [6.45, 7) is 9.14. The summed E-state index contributed by atoms with van der Waals surface area (Å²) in [7, 11) is 0. The number of carbonyl (C=O) groups excluding carboxylic acids is 1. The number of ether oxygens (including phenoxy) is 2. The molecule has 3 heteroatoms. The zero-order valence-electron chi connectivity index (χ0n) is 10.4. The van der Waals surface area contributed by atoms with Gasteiger partial charge in [0.25, 0.3) is 0 Å². The van der Waals surface area contributed by atoms with Crippen molar-refractivity contribution < 1.29 is 14.3 Å². The number of hydrogen-bond donors (Lipinski definition) is 0. The van der Waals surface area contributed by atoms with Crippen LogP contribution in [0.1, 0.15) is 47.0 Å². The fraction of sp³-hybridized carbons (Fsp3) is 0.917. The maximum absolute atomic E-state index is 11.1. The van der Waals surface area contributed by atoms with Crippen LogP contribution in [0.3, 0.4) is 0 Å². The minimum atomic E-state index is -0.535. The van der Waals surface area contributed by atoms with Gasteiger partial charge in [-0.25, -0.2) is 4.79 Å². The lowest BCUT2D eigenvalue weighted by atomic mass is 10.1. The van der Waals surface area contributed by atoms with Gasteiger partial charge in [-0.3, -0.25) is 0 Å². The Kier molecular flexibility index (Phi) is 8.15. The molecule has 0 spiro atoms. The Morgan fingerprint density at radius 2 is 1.73 bits per heavy atom. The van der Waals surface area contributed by atoms with E-state index in [4.69, 9.17) is 9.47 Å². The summed E-state index contributed by atoms with van der Waals surface area (Å²) < 4.78 is 9.89. The Labute approximate surface area is 93.1 Å². The maximum Gasteiger partial charge on any atom is 0.508 e. The highest BCUT2D eigenvalue weighted by molar-refractivity contribution is 5.59. The van der Waals surface area contributed by atoms with E-state index in [-0.39, 0.29) is 0 Å².